The van der Waals surface area contributed by atoms with Gasteiger partial charge in [0.25, 0.3) is 5.91 Å². The lowest BCUT2D eigenvalue weighted by atomic mass is 10.0. The first-order valence-electron chi connectivity index (χ1n) is 10.7. The van der Waals surface area contributed by atoms with Crippen LogP contribution in [0.25, 0.3) is 11.1 Å². The Kier molecular flexibility index (Phi) is 7.02. The fourth-order valence-electron chi connectivity index (χ4n) is 3.71. The van der Waals surface area contributed by atoms with Gasteiger partial charge in [-0.25, -0.2) is 4.98 Å². The molecule has 0 saturated carbocycles. The molecule has 5 nitrogen and oxygen atoms in total. The van der Waals surface area contributed by atoms with Crippen LogP contribution in [-0.4, -0.2) is 22.5 Å². The zero-order chi connectivity index (χ0) is 23.4. The first-order chi connectivity index (χ1) is 16.0. The number of nitrogens with zero attached hydrogens (tertiary/aromatic N) is 2. The average molecular weight is 479 g/mol. The number of hydrogen-bond acceptors (Lipinski definition) is 3. The lowest BCUT2D eigenvalue weighted by molar-refractivity contribution is 0.0955. The number of imidazole rings is 1. The highest BCUT2D eigenvalue weighted by Crippen LogP contribution is 2.30. The van der Waals surface area contributed by atoms with Crippen LogP contribution in [0.4, 0.5) is 11.5 Å². The number of carbonyl (C=O) groups excluding carboxylic acids is 1. The molecule has 0 saturated heterocycles. The molecule has 1 aromatic heterocycles. The Morgan fingerprint density at radius 1 is 0.970 bits per heavy atom. The van der Waals surface area contributed by atoms with Crippen LogP contribution in [0.5, 0.6) is 0 Å². The molecule has 4 aromatic rings. The number of halogens is 2. The van der Waals surface area contributed by atoms with Crippen LogP contribution < -0.4 is 10.6 Å². The molecule has 0 aliphatic heterocycles. The molecule has 168 valence electrons. The summed E-state index contributed by atoms with van der Waals surface area (Å²) in [4.78, 5) is 17.6. The van der Waals surface area contributed by atoms with Gasteiger partial charge < -0.3 is 15.2 Å². The summed E-state index contributed by atoms with van der Waals surface area (Å²) in [6, 6.07) is 23.7. The summed E-state index contributed by atoms with van der Waals surface area (Å²) in [5.41, 5.74) is 4.46. The summed E-state index contributed by atoms with van der Waals surface area (Å²) in [5, 5.41) is 6.93. The minimum absolute atomic E-state index is 0.226. The van der Waals surface area contributed by atoms with Crippen molar-refractivity contribution < 1.29 is 4.79 Å². The van der Waals surface area contributed by atoms with Gasteiger partial charge in [0.2, 0.25) is 0 Å². The zero-order valence-corrected chi connectivity index (χ0v) is 19.9. The SMILES string of the molecule is CCc1nc(Nc2ccc(Cl)cc2Cl)c(C(=O)NC)n1Cc1ccc(-c2ccccc2)cc1. The molecule has 33 heavy (non-hydrogen) atoms. The molecular weight excluding hydrogens is 455 g/mol. The van der Waals surface area contributed by atoms with Gasteiger partial charge in [0, 0.05) is 25.0 Å². The third-order valence-corrected chi connectivity index (χ3v) is 5.94. The van der Waals surface area contributed by atoms with Gasteiger partial charge >= 0.3 is 0 Å². The summed E-state index contributed by atoms with van der Waals surface area (Å²) < 4.78 is 1.95. The molecule has 1 amide bonds. The number of anilines is 2. The maximum absolute atomic E-state index is 12.9. The van der Waals surface area contributed by atoms with Crippen LogP contribution in [0.3, 0.4) is 0 Å². The molecule has 7 heteroatoms. The van der Waals surface area contributed by atoms with Gasteiger partial charge in [-0.3, -0.25) is 4.79 Å². The molecule has 0 unspecified atom stereocenters. The third kappa shape index (κ3) is 5.05. The number of amides is 1. The van der Waals surface area contributed by atoms with E-state index in [0.29, 0.717) is 40.2 Å². The first kappa shape index (κ1) is 22.9. The second-order valence-corrected chi connectivity index (χ2v) is 8.40. The number of hydrogen-bond donors (Lipinski definition) is 2. The summed E-state index contributed by atoms with van der Waals surface area (Å²) >= 11 is 12.4. The van der Waals surface area contributed by atoms with E-state index in [1.54, 1.807) is 25.2 Å². The van der Waals surface area contributed by atoms with Crippen molar-refractivity contribution in [1.29, 1.82) is 0 Å². The first-order valence-corrected chi connectivity index (χ1v) is 11.4. The molecule has 4 rings (SSSR count). The van der Waals surface area contributed by atoms with Crippen molar-refractivity contribution in [3.8, 4) is 11.1 Å². The molecule has 0 aliphatic carbocycles. The Balaban J connectivity index is 1.69. The van der Waals surface area contributed by atoms with Crippen molar-refractivity contribution in [2.75, 3.05) is 12.4 Å². The van der Waals surface area contributed by atoms with E-state index >= 15 is 0 Å². The van der Waals surface area contributed by atoms with Gasteiger partial charge in [-0.05, 0) is 34.9 Å². The summed E-state index contributed by atoms with van der Waals surface area (Å²) in [7, 11) is 1.61. The number of nitrogens with one attached hydrogen (secondary N) is 2. The van der Waals surface area contributed by atoms with E-state index in [-0.39, 0.29) is 5.91 Å². The highest BCUT2D eigenvalue weighted by atomic mass is 35.5. The van der Waals surface area contributed by atoms with Crippen LogP contribution in [-0.2, 0) is 13.0 Å². The smallest absolute Gasteiger partial charge is 0.271 e. The second kappa shape index (κ2) is 10.1. The van der Waals surface area contributed by atoms with Crippen molar-refractivity contribution >= 4 is 40.6 Å². The highest BCUT2D eigenvalue weighted by molar-refractivity contribution is 6.36. The normalized spacial score (nSPS) is 10.8. The Morgan fingerprint density at radius 2 is 1.67 bits per heavy atom. The number of rotatable bonds is 7. The van der Waals surface area contributed by atoms with E-state index in [1.807, 2.05) is 29.7 Å². The predicted molar refractivity (Wildman–Crippen MR) is 136 cm³/mol. The van der Waals surface area contributed by atoms with E-state index in [9.17, 15) is 4.79 Å². The molecule has 0 spiro atoms. The van der Waals surface area contributed by atoms with Crippen LogP contribution in [0.2, 0.25) is 10.0 Å². The molecule has 0 radical (unpaired) electrons. The Morgan fingerprint density at radius 3 is 2.30 bits per heavy atom. The van der Waals surface area contributed by atoms with Crippen molar-refractivity contribution in [2.24, 2.45) is 0 Å². The summed E-state index contributed by atoms with van der Waals surface area (Å²) in [6.45, 7) is 2.54. The average Bonchev–Trinajstić information content (AvgIpc) is 3.18. The lowest BCUT2D eigenvalue weighted by Crippen LogP contribution is -2.23. The van der Waals surface area contributed by atoms with Crippen LogP contribution in [0, 0.1) is 0 Å². The molecule has 0 fully saturated rings. The van der Waals surface area contributed by atoms with Gasteiger partial charge in [0.15, 0.2) is 11.5 Å². The number of benzene rings is 3. The number of aryl methyl sites for hydroxylation is 1. The number of aromatic nitrogens is 2. The van der Waals surface area contributed by atoms with Gasteiger partial charge in [-0.1, -0.05) is 84.7 Å². The van der Waals surface area contributed by atoms with Crippen LogP contribution >= 0.6 is 23.2 Å². The quantitative estimate of drug-likeness (QED) is 0.315. The molecule has 0 bridgehead atoms. The van der Waals surface area contributed by atoms with Crippen LogP contribution in [0.15, 0.2) is 72.8 Å². The molecule has 3 aromatic carbocycles. The van der Waals surface area contributed by atoms with Crippen molar-refractivity contribution in [3.63, 3.8) is 0 Å². The maximum atomic E-state index is 12.9. The van der Waals surface area contributed by atoms with E-state index < -0.39 is 0 Å². The van der Waals surface area contributed by atoms with Gasteiger partial charge in [-0.15, -0.1) is 0 Å². The molecule has 2 N–H and O–H groups in total. The third-order valence-electron chi connectivity index (χ3n) is 5.39. The molecule has 0 aliphatic rings. The molecular formula is C26H24Cl2N4O. The van der Waals surface area contributed by atoms with Gasteiger partial charge in [0.05, 0.1) is 10.7 Å². The molecule has 0 atom stereocenters. The summed E-state index contributed by atoms with van der Waals surface area (Å²) in [6.07, 6.45) is 0.669. The largest absolute Gasteiger partial charge is 0.354 e. The van der Waals surface area contributed by atoms with E-state index in [2.05, 4.69) is 47.0 Å². The minimum Gasteiger partial charge on any atom is -0.354 e. The Hall–Kier alpha value is -3.28. The highest BCUT2D eigenvalue weighted by Gasteiger charge is 2.23. The fourth-order valence-corrected chi connectivity index (χ4v) is 4.17. The Labute approximate surface area is 203 Å². The summed E-state index contributed by atoms with van der Waals surface area (Å²) in [5.74, 6) is 1.03. The zero-order valence-electron chi connectivity index (χ0n) is 18.4. The van der Waals surface area contributed by atoms with Crippen molar-refractivity contribution in [3.05, 3.63) is 99.9 Å². The van der Waals surface area contributed by atoms with Gasteiger partial charge in [0.1, 0.15) is 5.82 Å². The van der Waals surface area contributed by atoms with Crippen LogP contribution in [0.1, 0.15) is 28.8 Å². The Bertz CT molecular complexity index is 1270. The van der Waals surface area contributed by atoms with Crippen molar-refractivity contribution in [2.45, 2.75) is 19.9 Å². The second-order valence-electron chi connectivity index (χ2n) is 7.56. The minimum atomic E-state index is -0.226. The number of carbonyl (C=O) groups is 1. The monoisotopic (exact) mass is 478 g/mol. The lowest BCUT2D eigenvalue weighted by Gasteiger charge is -2.13. The topological polar surface area (TPSA) is 59.0 Å². The van der Waals surface area contributed by atoms with Crippen molar-refractivity contribution in [1.82, 2.24) is 14.9 Å². The predicted octanol–water partition coefficient (Wildman–Crippen LogP) is 6.57. The van der Waals surface area contributed by atoms with E-state index in [1.165, 1.54) is 5.56 Å². The van der Waals surface area contributed by atoms with E-state index in [0.717, 1.165) is 17.0 Å². The van der Waals surface area contributed by atoms with E-state index in [4.69, 9.17) is 28.2 Å². The molecule has 1 heterocycles. The fraction of sp³-hybridized carbons (Fsp3) is 0.154. The maximum Gasteiger partial charge on any atom is 0.271 e. The standard InChI is InChI=1S/C26H24Cl2N4O/c1-3-23-31-25(30-22-14-13-20(27)15-21(22)28)24(26(33)29-2)32(23)16-17-9-11-19(12-10-17)18-7-5-4-6-8-18/h4-15,30H,3,16H2,1-2H3,(H,29,33). The van der Waals surface area contributed by atoms with Gasteiger partial charge in [-0.2, -0.15) is 0 Å².